The van der Waals surface area contributed by atoms with Gasteiger partial charge in [-0.15, -0.1) is 0 Å². The van der Waals surface area contributed by atoms with E-state index in [1.807, 2.05) is 36.4 Å². The predicted molar refractivity (Wildman–Crippen MR) is 111 cm³/mol. The van der Waals surface area contributed by atoms with Crippen LogP contribution in [0.5, 0.6) is 0 Å². The first-order valence-electron chi connectivity index (χ1n) is 9.72. The molecule has 2 heterocycles. The highest BCUT2D eigenvalue weighted by Gasteiger charge is 2.18. The highest BCUT2D eigenvalue weighted by atomic mass is 16.5. The highest BCUT2D eigenvalue weighted by molar-refractivity contribution is 5.94. The zero-order chi connectivity index (χ0) is 19.5. The molecule has 0 unspecified atom stereocenters. The second kappa shape index (κ2) is 7.89. The van der Waals surface area contributed by atoms with Crippen LogP contribution in [0.15, 0.2) is 59.4 Å². The van der Waals surface area contributed by atoms with Gasteiger partial charge in [-0.1, -0.05) is 36.4 Å². The van der Waals surface area contributed by atoms with E-state index in [1.165, 1.54) is 26.4 Å². The van der Waals surface area contributed by atoms with E-state index >= 15 is 0 Å². The minimum atomic E-state index is -0.603. The van der Waals surface area contributed by atoms with E-state index in [9.17, 15) is 9.59 Å². The number of piperidine rings is 1. The molecule has 0 amide bonds. The number of fused-ring (bicyclic) bond motifs is 1. The maximum Gasteiger partial charge on any atom is 0.343 e. The van der Waals surface area contributed by atoms with Crippen LogP contribution < -0.4 is 10.5 Å². The molecule has 5 heteroatoms. The smallest absolute Gasteiger partial charge is 0.343 e. The Labute approximate surface area is 164 Å². The summed E-state index contributed by atoms with van der Waals surface area (Å²) in [6.07, 6.45) is 3.65. The molecule has 1 saturated heterocycles. The summed E-state index contributed by atoms with van der Waals surface area (Å²) in [4.78, 5) is 27.6. The average molecular weight is 376 g/mol. The zero-order valence-electron chi connectivity index (χ0n) is 16.1. The molecule has 28 heavy (non-hydrogen) atoms. The summed E-state index contributed by atoms with van der Waals surface area (Å²) >= 11 is 0. The van der Waals surface area contributed by atoms with Gasteiger partial charge in [0.15, 0.2) is 0 Å². The summed E-state index contributed by atoms with van der Waals surface area (Å²) in [6.45, 7) is 2.48. The molecule has 4 rings (SSSR count). The van der Waals surface area contributed by atoms with E-state index in [-0.39, 0.29) is 11.1 Å². The molecule has 144 valence electrons. The Morgan fingerprint density at radius 2 is 1.75 bits per heavy atom. The molecule has 0 N–H and O–H groups in total. The number of carbonyl (C=O) groups excluding carboxylic acids is 1. The summed E-state index contributed by atoms with van der Waals surface area (Å²) in [6, 6.07) is 17.6. The van der Waals surface area contributed by atoms with Gasteiger partial charge in [-0.2, -0.15) is 0 Å². The second-order valence-corrected chi connectivity index (χ2v) is 7.22. The van der Waals surface area contributed by atoms with Crippen molar-refractivity contribution < 1.29 is 9.53 Å². The van der Waals surface area contributed by atoms with Crippen LogP contribution in [-0.2, 0) is 11.3 Å². The molecule has 5 nitrogen and oxygen atoms in total. The molecule has 0 bridgehead atoms. The van der Waals surface area contributed by atoms with Crippen LogP contribution in [-0.4, -0.2) is 30.7 Å². The van der Waals surface area contributed by atoms with E-state index < -0.39 is 5.97 Å². The molecule has 2 aromatic carbocycles. The van der Waals surface area contributed by atoms with Crippen LogP contribution in [0.25, 0.3) is 10.9 Å². The van der Waals surface area contributed by atoms with Gasteiger partial charge in [0, 0.05) is 18.8 Å². The minimum Gasteiger partial charge on any atom is -0.465 e. The van der Waals surface area contributed by atoms with Gasteiger partial charge < -0.3 is 14.2 Å². The van der Waals surface area contributed by atoms with Crippen molar-refractivity contribution in [3.8, 4) is 0 Å². The van der Waals surface area contributed by atoms with Crippen molar-refractivity contribution in [2.45, 2.75) is 25.8 Å². The van der Waals surface area contributed by atoms with E-state index in [0.717, 1.165) is 35.2 Å². The highest BCUT2D eigenvalue weighted by Crippen LogP contribution is 2.25. The first kappa shape index (κ1) is 18.3. The Balaban J connectivity index is 1.88. The number of aromatic nitrogens is 1. The Morgan fingerprint density at radius 3 is 2.46 bits per heavy atom. The lowest BCUT2D eigenvalue weighted by Crippen LogP contribution is -2.30. The third-order valence-corrected chi connectivity index (χ3v) is 5.39. The standard InChI is InChI=1S/C23H24N2O3/c1-28-23(27)20-14-18-10-11-19(24-12-6-3-7-13-24)15-21(18)25(22(20)26)16-17-8-4-2-5-9-17/h2,4-5,8-11,14-15H,3,6-7,12-13,16H2,1H3. The molecule has 3 aromatic rings. The third kappa shape index (κ3) is 3.52. The molecule has 0 saturated carbocycles. The number of carbonyl (C=O) groups is 1. The molecule has 0 spiro atoms. The van der Waals surface area contributed by atoms with Gasteiger partial charge in [-0.3, -0.25) is 4.79 Å². The zero-order valence-corrected chi connectivity index (χ0v) is 16.1. The number of ether oxygens (including phenoxy) is 1. The van der Waals surface area contributed by atoms with Gasteiger partial charge in [0.05, 0.1) is 19.2 Å². The van der Waals surface area contributed by atoms with Crippen molar-refractivity contribution in [1.82, 2.24) is 4.57 Å². The van der Waals surface area contributed by atoms with Crippen LogP contribution in [0.4, 0.5) is 5.69 Å². The van der Waals surface area contributed by atoms with Crippen molar-refractivity contribution >= 4 is 22.6 Å². The Morgan fingerprint density at radius 1 is 1.00 bits per heavy atom. The number of benzene rings is 2. The lowest BCUT2D eigenvalue weighted by atomic mass is 10.1. The lowest BCUT2D eigenvalue weighted by molar-refractivity contribution is 0.0598. The summed E-state index contributed by atoms with van der Waals surface area (Å²) in [7, 11) is 1.30. The monoisotopic (exact) mass is 376 g/mol. The Bertz CT molecular complexity index is 1050. The van der Waals surface area contributed by atoms with Crippen LogP contribution in [0.3, 0.4) is 0 Å². The van der Waals surface area contributed by atoms with Gasteiger partial charge in [-0.05, 0) is 48.4 Å². The number of esters is 1. The number of hydrogen-bond donors (Lipinski definition) is 0. The number of anilines is 1. The molecule has 0 aliphatic carbocycles. The first-order valence-corrected chi connectivity index (χ1v) is 9.72. The quantitative estimate of drug-likeness (QED) is 0.650. The summed E-state index contributed by atoms with van der Waals surface area (Å²) in [5.41, 5.74) is 2.72. The average Bonchev–Trinajstić information content (AvgIpc) is 2.76. The fourth-order valence-corrected chi connectivity index (χ4v) is 3.89. The molecule has 1 aromatic heterocycles. The number of pyridine rings is 1. The number of methoxy groups -OCH3 is 1. The predicted octanol–water partition coefficient (Wildman–Crippen LogP) is 3.83. The fourth-order valence-electron chi connectivity index (χ4n) is 3.89. The molecular formula is C23H24N2O3. The normalized spacial score (nSPS) is 14.2. The van der Waals surface area contributed by atoms with Crippen LogP contribution >= 0.6 is 0 Å². The number of rotatable bonds is 4. The van der Waals surface area contributed by atoms with Crippen molar-refractivity contribution in [2.24, 2.45) is 0 Å². The van der Waals surface area contributed by atoms with Gasteiger partial charge >= 0.3 is 5.97 Å². The largest absolute Gasteiger partial charge is 0.465 e. The Hall–Kier alpha value is -3.08. The molecule has 0 atom stereocenters. The molecule has 1 aliphatic rings. The lowest BCUT2D eigenvalue weighted by Gasteiger charge is -2.29. The SMILES string of the molecule is COC(=O)c1cc2ccc(N3CCCCC3)cc2n(Cc2ccccc2)c1=O. The number of nitrogens with zero attached hydrogens (tertiary/aromatic N) is 2. The maximum absolute atomic E-state index is 13.1. The first-order chi connectivity index (χ1) is 13.7. The summed E-state index contributed by atoms with van der Waals surface area (Å²) in [5, 5.41) is 0.858. The maximum atomic E-state index is 13.1. The molecular weight excluding hydrogens is 352 g/mol. The van der Waals surface area contributed by atoms with E-state index in [1.54, 1.807) is 10.6 Å². The Kier molecular flexibility index (Phi) is 5.15. The number of hydrogen-bond acceptors (Lipinski definition) is 4. The van der Waals surface area contributed by atoms with Crippen molar-refractivity contribution in [1.29, 1.82) is 0 Å². The fraction of sp³-hybridized carbons (Fsp3) is 0.304. The van der Waals surface area contributed by atoms with Crippen molar-refractivity contribution in [3.05, 3.63) is 76.1 Å². The van der Waals surface area contributed by atoms with Gasteiger partial charge in [0.1, 0.15) is 5.56 Å². The minimum absolute atomic E-state index is 0.0663. The van der Waals surface area contributed by atoms with E-state index in [4.69, 9.17) is 4.74 Å². The molecule has 1 fully saturated rings. The van der Waals surface area contributed by atoms with Crippen molar-refractivity contribution in [3.63, 3.8) is 0 Å². The van der Waals surface area contributed by atoms with E-state index in [2.05, 4.69) is 17.0 Å². The van der Waals surface area contributed by atoms with Crippen LogP contribution in [0.2, 0.25) is 0 Å². The molecule has 1 aliphatic heterocycles. The van der Waals surface area contributed by atoms with Crippen molar-refractivity contribution in [2.75, 3.05) is 25.1 Å². The van der Waals surface area contributed by atoms with Crippen LogP contribution in [0, 0.1) is 0 Å². The summed E-state index contributed by atoms with van der Waals surface area (Å²) in [5.74, 6) is -0.603. The topological polar surface area (TPSA) is 51.5 Å². The van der Waals surface area contributed by atoms with E-state index in [0.29, 0.717) is 6.54 Å². The van der Waals surface area contributed by atoms with Crippen LogP contribution in [0.1, 0.15) is 35.2 Å². The molecule has 0 radical (unpaired) electrons. The third-order valence-electron chi connectivity index (χ3n) is 5.39. The second-order valence-electron chi connectivity index (χ2n) is 7.22. The van der Waals surface area contributed by atoms with Gasteiger partial charge in [-0.25, -0.2) is 4.79 Å². The summed E-state index contributed by atoms with van der Waals surface area (Å²) < 4.78 is 6.51. The van der Waals surface area contributed by atoms with Gasteiger partial charge in [0.25, 0.3) is 5.56 Å². The van der Waals surface area contributed by atoms with Gasteiger partial charge in [0.2, 0.25) is 0 Å².